The quantitative estimate of drug-likeness (QED) is 0.329. The van der Waals surface area contributed by atoms with E-state index < -0.39 is 0 Å². The topological polar surface area (TPSA) is 47.6 Å². The van der Waals surface area contributed by atoms with Gasteiger partial charge in [0.2, 0.25) is 0 Å². The average Bonchev–Trinajstić information content (AvgIpc) is 2.72. The minimum atomic E-state index is -0.320. The Balaban J connectivity index is 2.08. The molecule has 0 atom stereocenters. The lowest BCUT2D eigenvalue weighted by molar-refractivity contribution is 0.0495. The number of ether oxygens (including phenoxy) is 2. The maximum atomic E-state index is 12.5. The minimum absolute atomic E-state index is 0.151. The van der Waals surface area contributed by atoms with Gasteiger partial charge in [0, 0.05) is 18.3 Å². The smallest absolute Gasteiger partial charge is 0.341 e. The highest BCUT2D eigenvalue weighted by atomic mass is 16.5. The van der Waals surface area contributed by atoms with Crippen LogP contribution in [0, 0.1) is 0 Å². The highest BCUT2D eigenvalue weighted by Gasteiger charge is 2.15. The summed E-state index contributed by atoms with van der Waals surface area (Å²) in [6.45, 7) is 12.6. The van der Waals surface area contributed by atoms with Crippen LogP contribution in [0.1, 0.15) is 81.8 Å². The molecule has 0 heterocycles. The summed E-state index contributed by atoms with van der Waals surface area (Å²) in [5.41, 5.74) is 4.09. The predicted molar refractivity (Wildman–Crippen MR) is 125 cm³/mol. The molecule has 0 aliphatic heterocycles. The number of carbonyl (C=O) groups is 1. The second-order valence-electron chi connectivity index (χ2n) is 8.70. The molecule has 0 aliphatic carbocycles. The highest BCUT2D eigenvalue weighted by Crippen LogP contribution is 2.26. The summed E-state index contributed by atoms with van der Waals surface area (Å²) in [5.74, 6) is 0.261. The second kappa shape index (κ2) is 11.6. The molecule has 4 heteroatoms. The molecule has 2 aromatic rings. The van der Waals surface area contributed by atoms with Gasteiger partial charge in [0.1, 0.15) is 11.3 Å². The number of carbonyl (C=O) groups excluding carboxylic acids is 1. The van der Waals surface area contributed by atoms with Crippen molar-refractivity contribution in [1.29, 1.82) is 0 Å². The first-order valence-corrected chi connectivity index (χ1v) is 11.1. The Morgan fingerprint density at radius 2 is 1.60 bits per heavy atom. The number of esters is 1. The lowest BCUT2D eigenvalue weighted by atomic mass is 9.87. The molecule has 0 spiro atoms. The van der Waals surface area contributed by atoms with Gasteiger partial charge in [-0.25, -0.2) is 4.79 Å². The van der Waals surface area contributed by atoms with Crippen LogP contribution in [0.3, 0.4) is 0 Å². The van der Waals surface area contributed by atoms with Gasteiger partial charge in [-0.05, 0) is 41.5 Å². The Bertz CT molecular complexity index is 791. The molecular weight excluding hydrogens is 374 g/mol. The van der Waals surface area contributed by atoms with Crippen molar-refractivity contribution in [3.05, 3.63) is 59.2 Å². The van der Waals surface area contributed by atoms with E-state index >= 15 is 0 Å². The predicted octanol–water partition coefficient (Wildman–Crippen LogP) is 6.73. The van der Waals surface area contributed by atoms with E-state index in [1.807, 2.05) is 12.1 Å². The molecule has 0 bridgehead atoms. The molecule has 0 aromatic heterocycles. The van der Waals surface area contributed by atoms with E-state index in [1.54, 1.807) is 6.07 Å². The Morgan fingerprint density at radius 1 is 0.933 bits per heavy atom. The largest absolute Gasteiger partial charge is 0.493 e. The van der Waals surface area contributed by atoms with Crippen LogP contribution in [-0.2, 0) is 16.7 Å². The average molecular weight is 412 g/mol. The Kier molecular flexibility index (Phi) is 9.22. The van der Waals surface area contributed by atoms with E-state index in [2.05, 4.69) is 64.2 Å². The molecular formula is C26H37NO3. The maximum absolute atomic E-state index is 12.5. The van der Waals surface area contributed by atoms with Gasteiger partial charge in [0.25, 0.3) is 0 Å². The lowest BCUT2D eigenvalue weighted by Crippen LogP contribution is -2.11. The normalized spacial score (nSPS) is 11.2. The van der Waals surface area contributed by atoms with Crippen molar-refractivity contribution in [3.63, 3.8) is 0 Å². The minimum Gasteiger partial charge on any atom is -0.493 e. The molecule has 0 saturated heterocycles. The fourth-order valence-corrected chi connectivity index (χ4v) is 2.96. The third kappa shape index (κ3) is 7.40. The SMILES string of the molecule is CCCCOC(=O)c1ccc(NCc2ccc(C(C)(C)C)cc2)cc1OCCCC. The zero-order chi connectivity index (χ0) is 22.0. The number of rotatable bonds is 11. The van der Waals surface area contributed by atoms with E-state index in [0.29, 0.717) is 31.1 Å². The molecule has 0 radical (unpaired) electrons. The summed E-state index contributed by atoms with van der Waals surface area (Å²) in [7, 11) is 0. The standard InChI is InChI=1S/C26H37NO3/c1-6-8-16-29-24-18-22(14-15-23(24)25(28)30-17-9-7-2)27-19-20-10-12-21(13-11-20)26(3,4)5/h10-15,18,27H,6-9,16-17,19H2,1-5H3. The summed E-state index contributed by atoms with van der Waals surface area (Å²) in [6.07, 6.45) is 3.85. The first-order chi connectivity index (χ1) is 14.3. The summed E-state index contributed by atoms with van der Waals surface area (Å²) in [4.78, 5) is 12.5. The fourth-order valence-electron chi connectivity index (χ4n) is 2.96. The molecule has 2 rings (SSSR count). The van der Waals surface area contributed by atoms with Crippen molar-refractivity contribution in [1.82, 2.24) is 0 Å². The van der Waals surface area contributed by atoms with Crippen molar-refractivity contribution >= 4 is 11.7 Å². The van der Waals surface area contributed by atoms with Crippen LogP contribution in [0.25, 0.3) is 0 Å². The van der Waals surface area contributed by atoms with Gasteiger partial charge in [-0.1, -0.05) is 71.7 Å². The van der Waals surface area contributed by atoms with Crippen molar-refractivity contribution in [2.24, 2.45) is 0 Å². The molecule has 0 fully saturated rings. The molecule has 0 amide bonds. The van der Waals surface area contributed by atoms with E-state index in [4.69, 9.17) is 9.47 Å². The van der Waals surface area contributed by atoms with Crippen LogP contribution in [0.2, 0.25) is 0 Å². The third-order valence-electron chi connectivity index (χ3n) is 5.00. The monoisotopic (exact) mass is 411 g/mol. The summed E-state index contributed by atoms with van der Waals surface area (Å²) in [6, 6.07) is 14.3. The van der Waals surface area contributed by atoms with Gasteiger partial charge in [-0.3, -0.25) is 0 Å². The number of hydrogen-bond donors (Lipinski definition) is 1. The molecule has 164 valence electrons. The van der Waals surface area contributed by atoms with Crippen molar-refractivity contribution in [3.8, 4) is 5.75 Å². The van der Waals surface area contributed by atoms with Gasteiger partial charge in [-0.15, -0.1) is 0 Å². The Labute approximate surface area is 182 Å². The van der Waals surface area contributed by atoms with E-state index in [1.165, 1.54) is 11.1 Å². The summed E-state index contributed by atoms with van der Waals surface area (Å²) < 4.78 is 11.3. The number of benzene rings is 2. The molecule has 30 heavy (non-hydrogen) atoms. The summed E-state index contributed by atoms with van der Waals surface area (Å²) >= 11 is 0. The molecule has 0 unspecified atom stereocenters. The van der Waals surface area contributed by atoms with Gasteiger partial charge in [0.05, 0.1) is 13.2 Å². The number of nitrogens with one attached hydrogen (secondary N) is 1. The second-order valence-corrected chi connectivity index (χ2v) is 8.70. The number of unbranched alkanes of at least 4 members (excludes halogenated alkanes) is 2. The number of anilines is 1. The van der Waals surface area contributed by atoms with Crippen molar-refractivity contribution in [2.45, 2.75) is 72.3 Å². The zero-order valence-electron chi connectivity index (χ0n) is 19.2. The molecule has 2 aromatic carbocycles. The third-order valence-corrected chi connectivity index (χ3v) is 5.00. The van der Waals surface area contributed by atoms with E-state index in [0.717, 1.165) is 31.4 Å². The van der Waals surface area contributed by atoms with Gasteiger partial charge >= 0.3 is 5.97 Å². The van der Waals surface area contributed by atoms with Crippen LogP contribution in [0.5, 0.6) is 5.75 Å². The first-order valence-electron chi connectivity index (χ1n) is 11.1. The number of hydrogen-bond acceptors (Lipinski definition) is 4. The maximum Gasteiger partial charge on any atom is 0.341 e. The highest BCUT2D eigenvalue weighted by molar-refractivity contribution is 5.93. The van der Waals surface area contributed by atoms with Crippen LogP contribution < -0.4 is 10.1 Å². The summed E-state index contributed by atoms with van der Waals surface area (Å²) in [5, 5.41) is 3.44. The molecule has 0 aliphatic rings. The molecule has 4 nitrogen and oxygen atoms in total. The van der Waals surface area contributed by atoms with Crippen molar-refractivity contribution in [2.75, 3.05) is 18.5 Å². The zero-order valence-corrected chi connectivity index (χ0v) is 19.2. The van der Waals surface area contributed by atoms with E-state index in [9.17, 15) is 4.79 Å². The first kappa shape index (κ1) is 23.8. The fraction of sp³-hybridized carbons (Fsp3) is 0.500. The van der Waals surface area contributed by atoms with Crippen molar-refractivity contribution < 1.29 is 14.3 Å². The van der Waals surface area contributed by atoms with E-state index in [-0.39, 0.29) is 11.4 Å². The van der Waals surface area contributed by atoms with Gasteiger partial charge in [-0.2, -0.15) is 0 Å². The molecule has 0 saturated carbocycles. The Morgan fingerprint density at radius 3 is 2.23 bits per heavy atom. The van der Waals surface area contributed by atoms with Gasteiger partial charge in [0.15, 0.2) is 0 Å². The van der Waals surface area contributed by atoms with Gasteiger partial charge < -0.3 is 14.8 Å². The Hall–Kier alpha value is -2.49. The van der Waals surface area contributed by atoms with Crippen LogP contribution in [0.15, 0.2) is 42.5 Å². The molecule has 1 N–H and O–H groups in total. The van der Waals surface area contributed by atoms with Crippen LogP contribution in [0.4, 0.5) is 5.69 Å². The van der Waals surface area contributed by atoms with Crippen LogP contribution in [-0.4, -0.2) is 19.2 Å². The lowest BCUT2D eigenvalue weighted by Gasteiger charge is -2.19. The van der Waals surface area contributed by atoms with Crippen LogP contribution >= 0.6 is 0 Å².